The third kappa shape index (κ3) is 15.5. The highest BCUT2D eigenvalue weighted by Gasteiger charge is 2.43. The molecule has 0 N–H and O–H groups in total. The Morgan fingerprint density at radius 2 is 1.04 bits per heavy atom. The van der Waals surface area contributed by atoms with Gasteiger partial charge in [-0.3, -0.25) is 4.79 Å². The Bertz CT molecular complexity index is 1300. The number of hydrogen-bond acceptors (Lipinski definition) is 7. The van der Waals surface area contributed by atoms with E-state index in [1.165, 1.54) is 12.5 Å². The average molecular weight is 753 g/mol. The van der Waals surface area contributed by atoms with Crippen molar-refractivity contribution < 1.29 is 31.7 Å². The predicted molar refractivity (Wildman–Crippen MR) is 211 cm³/mol. The number of esters is 1. The van der Waals surface area contributed by atoms with E-state index >= 15 is 0 Å². The zero-order chi connectivity index (χ0) is 35.7. The second kappa shape index (κ2) is 17.2. The van der Waals surface area contributed by atoms with Gasteiger partial charge < -0.3 is 26.9 Å². The Morgan fingerprint density at radius 1 is 0.617 bits per heavy atom. The highest BCUT2D eigenvalue weighted by Crippen LogP contribution is 2.29. The summed E-state index contributed by atoms with van der Waals surface area (Å²) in [6, 6.07) is 18.7. The maximum absolute atomic E-state index is 11.8. The number of carbonyl (C=O) groups is 1. The molecular weight excluding hydrogens is 689 g/mol. The molecule has 0 aliphatic heterocycles. The number of para-hydroxylation sites is 2. The number of hydrogen-bond donors (Lipinski definition) is 0. The second-order valence-corrected chi connectivity index (χ2v) is 43.2. The number of benzene rings is 2. The summed E-state index contributed by atoms with van der Waals surface area (Å²) in [7, 11) is -10.3. The summed E-state index contributed by atoms with van der Waals surface area (Å²) >= 11 is 0. The van der Waals surface area contributed by atoms with Crippen LogP contribution in [0, 0.1) is 0 Å². The maximum Gasteiger partial charge on any atom is 0.308 e. The first kappa shape index (κ1) is 42.0. The van der Waals surface area contributed by atoms with Crippen molar-refractivity contribution in [3.63, 3.8) is 0 Å². The molecule has 1 unspecified atom stereocenters. The topological polar surface area (TPSA) is 72.5 Å². The fourth-order valence-corrected chi connectivity index (χ4v) is 34.2. The van der Waals surface area contributed by atoms with Gasteiger partial charge in [0.2, 0.25) is 0 Å². The van der Waals surface area contributed by atoms with Crippen LogP contribution in [-0.2, 0) is 34.3 Å². The number of ether oxygens (including phenoxy) is 2. The minimum Gasteiger partial charge on any atom is -0.496 e. The van der Waals surface area contributed by atoms with Gasteiger partial charge in [0.05, 0.1) is 7.11 Å². The van der Waals surface area contributed by atoms with E-state index in [2.05, 4.69) is 91.1 Å². The molecule has 0 saturated carbocycles. The lowest BCUT2D eigenvalue weighted by Crippen LogP contribution is -2.58. The molecule has 13 heteroatoms. The first-order valence-electron chi connectivity index (χ1n) is 17.0. The fourth-order valence-electron chi connectivity index (χ4n) is 6.19. The monoisotopic (exact) mass is 752 g/mol. The number of carbonyl (C=O) groups excluding carboxylic acids is 1. The molecule has 2 rings (SSSR count). The molecular formula is C34H64O7Si6. The molecule has 0 heterocycles. The summed E-state index contributed by atoms with van der Waals surface area (Å²) in [6.45, 7) is 29.2. The van der Waals surface area contributed by atoms with E-state index in [9.17, 15) is 4.79 Å². The van der Waals surface area contributed by atoms with Gasteiger partial charge in [-0.1, -0.05) is 49.4 Å². The van der Waals surface area contributed by atoms with Gasteiger partial charge in [-0.2, -0.15) is 0 Å². The minimum absolute atomic E-state index is 0.308. The van der Waals surface area contributed by atoms with Crippen molar-refractivity contribution in [3.05, 3.63) is 59.7 Å². The Balaban J connectivity index is 2.31. The largest absolute Gasteiger partial charge is 0.496 e. The molecule has 47 heavy (non-hydrogen) atoms. The SMILES string of the molecule is CC[Si](CO[Si](C)(C)Cc1ccccc1OC)(CO[Si](C)(C)Cc1ccccc1OC(C)=O)CO[Si](C)(C)C[Si](C)(C)O[Si](C)(C)C. The molecule has 0 radical (unpaired) electrons. The van der Waals surface area contributed by atoms with Crippen LogP contribution in [0.25, 0.3) is 0 Å². The molecule has 0 aromatic heterocycles. The molecule has 0 spiro atoms. The maximum atomic E-state index is 11.8. The molecule has 0 aliphatic carbocycles. The third-order valence-electron chi connectivity index (χ3n) is 8.14. The van der Waals surface area contributed by atoms with Gasteiger partial charge in [0.1, 0.15) is 19.6 Å². The minimum atomic E-state index is -2.21. The van der Waals surface area contributed by atoms with Crippen LogP contribution in [0.5, 0.6) is 11.5 Å². The van der Waals surface area contributed by atoms with E-state index in [0.29, 0.717) is 18.2 Å². The summed E-state index contributed by atoms with van der Waals surface area (Å²) < 4.78 is 39.0. The molecule has 0 saturated heterocycles. The lowest BCUT2D eigenvalue weighted by Gasteiger charge is -2.40. The van der Waals surface area contributed by atoms with E-state index in [0.717, 1.165) is 41.3 Å². The first-order valence-corrected chi connectivity index (χ1v) is 35.7. The molecule has 0 fully saturated rings. The lowest BCUT2D eigenvalue weighted by atomic mass is 10.2. The quantitative estimate of drug-likeness (QED) is 0.0761. The smallest absolute Gasteiger partial charge is 0.308 e. The van der Waals surface area contributed by atoms with Crippen LogP contribution < -0.4 is 9.47 Å². The molecule has 2 aromatic carbocycles. The molecule has 0 amide bonds. The van der Waals surface area contributed by atoms with Crippen molar-refractivity contribution in [1.29, 1.82) is 0 Å². The van der Waals surface area contributed by atoms with Crippen molar-refractivity contribution in [2.45, 2.75) is 110 Å². The van der Waals surface area contributed by atoms with Crippen LogP contribution in [0.3, 0.4) is 0 Å². The van der Waals surface area contributed by atoms with Crippen molar-refractivity contribution in [3.8, 4) is 11.5 Å². The molecule has 0 bridgehead atoms. The summed E-state index contributed by atoms with van der Waals surface area (Å²) in [5.41, 5.74) is 3.29. The molecule has 2 aromatic rings. The van der Waals surface area contributed by atoms with Gasteiger partial charge in [-0.15, -0.1) is 0 Å². The molecule has 0 aliphatic rings. The van der Waals surface area contributed by atoms with E-state index < -0.39 is 49.7 Å². The van der Waals surface area contributed by atoms with Crippen molar-refractivity contribution in [2.24, 2.45) is 0 Å². The van der Waals surface area contributed by atoms with Gasteiger partial charge in [-0.05, 0) is 113 Å². The van der Waals surface area contributed by atoms with E-state index in [1.807, 2.05) is 36.4 Å². The standard InChI is InChI=1S/C34H64O7Si6/c1-15-47(28-39-45(11,12)29-46(13,14)41-42(4,5)6,26-37-43(7,8)24-31-20-16-18-22-33(31)36-3)27-38-44(9,10)25-32-21-17-19-23-34(32)40-30(2)35/h16-23H,15,24-29H2,1-14H3. The average Bonchev–Trinajstić information content (AvgIpc) is 2.92. The summed E-state index contributed by atoms with van der Waals surface area (Å²) in [6.07, 6.45) is 2.13. The zero-order valence-corrected chi connectivity index (χ0v) is 37.9. The van der Waals surface area contributed by atoms with Crippen LogP contribution in [0.2, 0.25) is 83.7 Å². The summed E-state index contributed by atoms with van der Waals surface area (Å²) in [4.78, 5) is 11.8. The van der Waals surface area contributed by atoms with Crippen molar-refractivity contribution in [1.82, 2.24) is 0 Å². The van der Waals surface area contributed by atoms with Crippen molar-refractivity contribution in [2.75, 3.05) is 25.8 Å². The normalized spacial score (nSPS) is 14.5. The van der Waals surface area contributed by atoms with Crippen LogP contribution in [0.1, 0.15) is 25.0 Å². The third-order valence-corrected chi connectivity index (χ3v) is 29.5. The highest BCUT2D eigenvalue weighted by atomic mass is 28.5. The van der Waals surface area contributed by atoms with Gasteiger partial charge >= 0.3 is 5.97 Å². The van der Waals surface area contributed by atoms with E-state index in [1.54, 1.807) is 7.11 Å². The molecule has 1 atom stereocenters. The van der Waals surface area contributed by atoms with Crippen LogP contribution in [0.15, 0.2) is 48.5 Å². The van der Waals surface area contributed by atoms with Crippen LogP contribution >= 0.6 is 0 Å². The molecule has 7 nitrogen and oxygen atoms in total. The Morgan fingerprint density at radius 3 is 1.47 bits per heavy atom. The van der Waals surface area contributed by atoms with E-state index in [4.69, 9.17) is 26.9 Å². The first-order chi connectivity index (χ1) is 21.5. The van der Waals surface area contributed by atoms with Crippen LogP contribution in [0.4, 0.5) is 0 Å². The lowest BCUT2D eigenvalue weighted by molar-refractivity contribution is -0.131. The number of rotatable bonds is 20. The van der Waals surface area contributed by atoms with Crippen molar-refractivity contribution >= 4 is 55.6 Å². The van der Waals surface area contributed by atoms with Gasteiger partial charge in [0.25, 0.3) is 0 Å². The van der Waals surface area contributed by atoms with Gasteiger partial charge in [0.15, 0.2) is 41.6 Å². The summed E-state index contributed by atoms with van der Waals surface area (Å²) in [5.74, 6) is 1.24. The van der Waals surface area contributed by atoms with Gasteiger partial charge in [-0.25, -0.2) is 0 Å². The Kier molecular flexibility index (Phi) is 15.4. The Hall–Kier alpha value is -1.15. The van der Waals surface area contributed by atoms with Crippen LogP contribution in [-0.4, -0.2) is 81.4 Å². The van der Waals surface area contributed by atoms with Gasteiger partial charge in [0, 0.05) is 25.6 Å². The second-order valence-electron chi connectivity index (χ2n) is 16.5. The molecule has 266 valence electrons. The van der Waals surface area contributed by atoms with E-state index in [-0.39, 0.29) is 5.97 Å². The zero-order valence-electron chi connectivity index (χ0n) is 31.9. The fraction of sp³-hybridized carbons (Fsp3) is 0.618. The highest BCUT2D eigenvalue weighted by molar-refractivity contribution is 6.94. The Labute approximate surface area is 292 Å². The number of methoxy groups -OCH3 is 1. The summed E-state index contributed by atoms with van der Waals surface area (Å²) in [5, 5.41) is 0. The predicted octanol–water partition coefficient (Wildman–Crippen LogP) is 8.83.